The van der Waals surface area contributed by atoms with Crippen molar-refractivity contribution < 1.29 is 4.74 Å². The molecule has 0 aliphatic carbocycles. The maximum Gasteiger partial charge on any atom is 0.120 e. The Labute approximate surface area is 177 Å². The van der Waals surface area contributed by atoms with Crippen LogP contribution in [0.4, 0.5) is 0 Å². The SMILES string of the molecule is CN1CCCC1C(c1ccc2cc(OCc3ccccc3)ccc2c1)n1ccnc1. The first kappa shape index (κ1) is 18.9. The first-order chi connectivity index (χ1) is 14.8. The average molecular weight is 398 g/mol. The molecule has 2 heterocycles. The van der Waals surface area contributed by atoms with Gasteiger partial charge in [0.15, 0.2) is 0 Å². The van der Waals surface area contributed by atoms with Crippen LogP contribution in [-0.2, 0) is 6.61 Å². The number of imidazole rings is 1. The van der Waals surface area contributed by atoms with E-state index in [0.717, 1.165) is 12.3 Å². The first-order valence-corrected chi connectivity index (χ1v) is 10.7. The summed E-state index contributed by atoms with van der Waals surface area (Å²) in [6.45, 7) is 1.74. The molecular weight excluding hydrogens is 370 g/mol. The van der Waals surface area contributed by atoms with Crippen molar-refractivity contribution in [3.8, 4) is 5.75 Å². The minimum Gasteiger partial charge on any atom is -0.489 e. The van der Waals surface area contributed by atoms with Crippen molar-refractivity contribution in [3.05, 3.63) is 96.6 Å². The van der Waals surface area contributed by atoms with Crippen LogP contribution >= 0.6 is 0 Å². The lowest BCUT2D eigenvalue weighted by Crippen LogP contribution is -2.34. The molecule has 1 aliphatic heterocycles. The summed E-state index contributed by atoms with van der Waals surface area (Å²) in [5.41, 5.74) is 2.51. The Kier molecular flexibility index (Phi) is 5.24. The molecule has 0 bridgehead atoms. The molecule has 5 rings (SSSR count). The maximum atomic E-state index is 6.01. The van der Waals surface area contributed by atoms with E-state index < -0.39 is 0 Å². The summed E-state index contributed by atoms with van der Waals surface area (Å²) in [5, 5.41) is 2.44. The third-order valence-corrected chi connectivity index (χ3v) is 6.21. The zero-order valence-electron chi connectivity index (χ0n) is 17.3. The summed E-state index contributed by atoms with van der Waals surface area (Å²) in [6, 6.07) is 24.2. The normalized spacial score (nSPS) is 18.0. The molecule has 0 spiro atoms. The van der Waals surface area contributed by atoms with Crippen molar-refractivity contribution in [3.63, 3.8) is 0 Å². The van der Waals surface area contributed by atoms with Crippen molar-refractivity contribution in [1.29, 1.82) is 0 Å². The van der Waals surface area contributed by atoms with Crippen LogP contribution in [0.25, 0.3) is 10.8 Å². The molecule has 2 atom stereocenters. The Morgan fingerprint density at radius 2 is 1.87 bits per heavy atom. The standard InChI is InChI=1S/C26H27N3O/c1-28-14-5-8-25(28)26(29-15-13-27-19-29)23-10-9-22-17-24(12-11-21(22)16-23)30-18-20-6-3-2-4-7-20/h2-4,6-7,9-13,15-17,19,25-26H,5,8,14,18H2,1H3. The summed E-state index contributed by atoms with van der Waals surface area (Å²) in [4.78, 5) is 6.79. The molecule has 1 aromatic heterocycles. The lowest BCUT2D eigenvalue weighted by molar-refractivity contribution is 0.251. The number of fused-ring (bicyclic) bond motifs is 1. The van der Waals surface area contributed by atoms with Crippen molar-refractivity contribution in [1.82, 2.24) is 14.5 Å². The van der Waals surface area contributed by atoms with Gasteiger partial charge in [-0.15, -0.1) is 0 Å². The van der Waals surface area contributed by atoms with E-state index in [1.54, 1.807) is 0 Å². The predicted octanol–water partition coefficient (Wildman–Crippen LogP) is 5.30. The average Bonchev–Trinajstić information content (AvgIpc) is 3.46. The predicted molar refractivity (Wildman–Crippen MR) is 121 cm³/mol. The zero-order valence-corrected chi connectivity index (χ0v) is 17.3. The van der Waals surface area contributed by atoms with Crippen molar-refractivity contribution >= 4 is 10.8 Å². The number of likely N-dealkylation sites (N-methyl/N-ethyl adjacent to an activating group) is 1. The van der Waals surface area contributed by atoms with E-state index in [9.17, 15) is 0 Å². The molecule has 1 saturated heterocycles. The molecule has 1 aliphatic rings. The van der Waals surface area contributed by atoms with Crippen molar-refractivity contribution in [2.24, 2.45) is 0 Å². The van der Waals surface area contributed by atoms with E-state index in [1.807, 2.05) is 30.7 Å². The lowest BCUT2D eigenvalue weighted by Gasteiger charge is -2.30. The van der Waals surface area contributed by atoms with Crippen LogP contribution in [0.15, 0.2) is 85.5 Å². The zero-order chi connectivity index (χ0) is 20.3. The quantitative estimate of drug-likeness (QED) is 0.442. The number of likely N-dealkylation sites (tertiary alicyclic amines) is 1. The second-order valence-electron chi connectivity index (χ2n) is 8.19. The molecule has 4 aromatic rings. The van der Waals surface area contributed by atoms with Crippen LogP contribution in [-0.4, -0.2) is 34.1 Å². The number of ether oxygens (including phenoxy) is 1. The lowest BCUT2D eigenvalue weighted by atomic mass is 9.95. The number of hydrogen-bond donors (Lipinski definition) is 0. The van der Waals surface area contributed by atoms with Gasteiger partial charge in [-0.3, -0.25) is 0 Å². The Balaban J connectivity index is 1.42. The molecule has 3 aromatic carbocycles. The Bertz CT molecular complexity index is 1110. The van der Waals surface area contributed by atoms with Gasteiger partial charge in [-0.25, -0.2) is 4.98 Å². The summed E-state index contributed by atoms with van der Waals surface area (Å²) in [7, 11) is 2.24. The van der Waals surface area contributed by atoms with Crippen LogP contribution in [0.1, 0.15) is 30.0 Å². The third-order valence-electron chi connectivity index (χ3n) is 6.21. The van der Waals surface area contributed by atoms with E-state index in [-0.39, 0.29) is 6.04 Å². The van der Waals surface area contributed by atoms with Gasteiger partial charge in [-0.05, 0) is 66.5 Å². The fraction of sp³-hybridized carbons (Fsp3) is 0.269. The molecule has 0 saturated carbocycles. The van der Waals surface area contributed by atoms with Gasteiger partial charge in [0.25, 0.3) is 0 Å². The topological polar surface area (TPSA) is 30.3 Å². The van der Waals surface area contributed by atoms with Crippen LogP contribution in [0.5, 0.6) is 5.75 Å². The van der Waals surface area contributed by atoms with Gasteiger partial charge in [0, 0.05) is 18.4 Å². The molecule has 152 valence electrons. The fourth-order valence-corrected chi connectivity index (χ4v) is 4.62. The smallest absolute Gasteiger partial charge is 0.120 e. The van der Waals surface area contributed by atoms with Crippen molar-refractivity contribution in [2.45, 2.75) is 31.5 Å². The molecule has 0 N–H and O–H groups in total. The summed E-state index contributed by atoms with van der Waals surface area (Å²) in [6.07, 6.45) is 8.37. The molecular formula is C26H27N3O. The highest BCUT2D eigenvalue weighted by atomic mass is 16.5. The highest BCUT2D eigenvalue weighted by Crippen LogP contribution is 2.33. The van der Waals surface area contributed by atoms with Crippen molar-refractivity contribution in [2.75, 3.05) is 13.6 Å². The first-order valence-electron chi connectivity index (χ1n) is 10.7. The fourth-order valence-electron chi connectivity index (χ4n) is 4.62. The highest BCUT2D eigenvalue weighted by Gasteiger charge is 2.31. The minimum absolute atomic E-state index is 0.276. The molecule has 30 heavy (non-hydrogen) atoms. The van der Waals surface area contributed by atoms with Gasteiger partial charge in [0.1, 0.15) is 12.4 Å². The Morgan fingerprint density at radius 1 is 1.03 bits per heavy atom. The molecule has 0 amide bonds. The van der Waals surface area contributed by atoms with E-state index in [4.69, 9.17) is 4.74 Å². The van der Waals surface area contributed by atoms with E-state index in [0.29, 0.717) is 12.6 Å². The number of aromatic nitrogens is 2. The Hall–Kier alpha value is -3.11. The van der Waals surface area contributed by atoms with Crippen LogP contribution in [0.3, 0.4) is 0 Å². The van der Waals surface area contributed by atoms with Gasteiger partial charge in [0.2, 0.25) is 0 Å². The number of benzene rings is 3. The van der Waals surface area contributed by atoms with Crippen LogP contribution in [0, 0.1) is 0 Å². The molecule has 0 radical (unpaired) electrons. The molecule has 4 nitrogen and oxygen atoms in total. The van der Waals surface area contributed by atoms with E-state index >= 15 is 0 Å². The molecule has 4 heteroatoms. The van der Waals surface area contributed by atoms with Crippen LogP contribution < -0.4 is 4.74 Å². The highest BCUT2D eigenvalue weighted by molar-refractivity contribution is 5.84. The van der Waals surface area contributed by atoms with E-state index in [1.165, 1.54) is 34.7 Å². The van der Waals surface area contributed by atoms with E-state index in [2.05, 4.69) is 76.2 Å². The molecule has 1 fully saturated rings. The summed E-state index contributed by atoms with van der Waals surface area (Å²) in [5.74, 6) is 0.904. The number of rotatable bonds is 6. The minimum atomic E-state index is 0.276. The monoisotopic (exact) mass is 397 g/mol. The van der Waals surface area contributed by atoms with Gasteiger partial charge in [-0.1, -0.05) is 48.5 Å². The number of hydrogen-bond acceptors (Lipinski definition) is 3. The van der Waals surface area contributed by atoms with Gasteiger partial charge in [-0.2, -0.15) is 0 Å². The van der Waals surface area contributed by atoms with Crippen LogP contribution in [0.2, 0.25) is 0 Å². The van der Waals surface area contributed by atoms with Gasteiger partial charge >= 0.3 is 0 Å². The third kappa shape index (κ3) is 3.83. The summed E-state index contributed by atoms with van der Waals surface area (Å²) < 4.78 is 8.27. The van der Waals surface area contributed by atoms with Gasteiger partial charge < -0.3 is 14.2 Å². The Morgan fingerprint density at radius 3 is 2.63 bits per heavy atom. The second-order valence-corrected chi connectivity index (χ2v) is 8.19. The molecule has 2 unspecified atom stereocenters. The maximum absolute atomic E-state index is 6.01. The summed E-state index contributed by atoms with van der Waals surface area (Å²) >= 11 is 0. The largest absolute Gasteiger partial charge is 0.489 e. The second kappa shape index (κ2) is 8.33. The number of nitrogens with zero attached hydrogens (tertiary/aromatic N) is 3. The van der Waals surface area contributed by atoms with Gasteiger partial charge in [0.05, 0.1) is 12.4 Å².